The van der Waals surface area contributed by atoms with Crippen LogP contribution < -0.4 is 10.2 Å². The smallest absolute Gasteiger partial charge is 0.417 e. The van der Waals surface area contributed by atoms with Gasteiger partial charge >= 0.3 is 12.3 Å². The van der Waals surface area contributed by atoms with E-state index in [1.165, 1.54) is 17.3 Å². The summed E-state index contributed by atoms with van der Waals surface area (Å²) in [4.78, 5) is 31.8. The molecule has 7 nitrogen and oxygen atoms in total. The highest BCUT2D eigenvalue weighted by molar-refractivity contribution is 7.17. The van der Waals surface area contributed by atoms with Gasteiger partial charge in [-0.3, -0.25) is 4.79 Å². The second kappa shape index (κ2) is 8.89. The Hall–Kier alpha value is -2.56. The van der Waals surface area contributed by atoms with Gasteiger partial charge in [0.15, 0.2) is 0 Å². The lowest BCUT2D eigenvalue weighted by atomic mass is 10.1. The summed E-state index contributed by atoms with van der Waals surface area (Å²) in [6, 6.07) is 1.04. The number of rotatable bonds is 4. The van der Waals surface area contributed by atoms with Crippen molar-refractivity contribution in [3.63, 3.8) is 0 Å². The van der Waals surface area contributed by atoms with E-state index in [9.17, 15) is 22.8 Å². The molecule has 1 aliphatic rings. The van der Waals surface area contributed by atoms with Gasteiger partial charge in [-0.1, -0.05) is 0 Å². The van der Waals surface area contributed by atoms with Crippen molar-refractivity contribution in [1.29, 1.82) is 0 Å². The van der Waals surface area contributed by atoms with Gasteiger partial charge in [0.05, 0.1) is 21.3 Å². The van der Waals surface area contributed by atoms with Crippen LogP contribution in [0.2, 0.25) is 0 Å². The number of amides is 2. The largest absolute Gasteiger partial charge is 0.446 e. The number of alkyl halides is 3. The molecule has 31 heavy (non-hydrogen) atoms. The van der Waals surface area contributed by atoms with Crippen molar-refractivity contribution in [2.75, 3.05) is 32.1 Å². The molecule has 0 aliphatic carbocycles. The number of aromatic nitrogens is 1. The fraction of sp³-hybridized carbons (Fsp3) is 0.550. The molecular weight excluding hydrogens is 433 g/mol. The van der Waals surface area contributed by atoms with Gasteiger partial charge in [-0.05, 0) is 19.9 Å². The van der Waals surface area contributed by atoms with Crippen molar-refractivity contribution in [3.05, 3.63) is 22.6 Å². The summed E-state index contributed by atoms with van der Waals surface area (Å²) >= 11 is 0.855. The molecule has 170 valence electrons. The van der Waals surface area contributed by atoms with E-state index in [1.807, 2.05) is 13.8 Å². The second-order valence-corrected chi connectivity index (χ2v) is 8.59. The van der Waals surface area contributed by atoms with Gasteiger partial charge in [0, 0.05) is 51.4 Å². The van der Waals surface area contributed by atoms with Crippen molar-refractivity contribution < 1.29 is 27.5 Å². The van der Waals surface area contributed by atoms with Gasteiger partial charge in [0.2, 0.25) is 0 Å². The minimum atomic E-state index is -4.57. The van der Waals surface area contributed by atoms with Crippen LogP contribution >= 0.6 is 11.3 Å². The Morgan fingerprint density at radius 2 is 1.97 bits per heavy atom. The summed E-state index contributed by atoms with van der Waals surface area (Å²) < 4.78 is 46.6. The third kappa shape index (κ3) is 4.86. The zero-order valence-electron chi connectivity index (χ0n) is 17.7. The highest BCUT2D eigenvalue weighted by atomic mass is 32.1. The Kier molecular flexibility index (Phi) is 6.63. The molecule has 0 unspecified atom stereocenters. The molecule has 0 radical (unpaired) electrons. The summed E-state index contributed by atoms with van der Waals surface area (Å²) in [5, 5.41) is 3.83. The van der Waals surface area contributed by atoms with Crippen LogP contribution in [-0.2, 0) is 10.9 Å². The first-order valence-corrected chi connectivity index (χ1v) is 10.8. The van der Waals surface area contributed by atoms with E-state index >= 15 is 0 Å². The number of nitrogens with zero attached hydrogens (tertiary/aromatic N) is 3. The minimum Gasteiger partial charge on any atom is -0.446 e. The van der Waals surface area contributed by atoms with Crippen LogP contribution in [0.25, 0.3) is 10.2 Å². The maximum absolute atomic E-state index is 13.7. The number of fused-ring (bicyclic) bond motifs is 1. The number of piperidine rings is 1. The Morgan fingerprint density at radius 1 is 1.32 bits per heavy atom. The zero-order chi connectivity index (χ0) is 22.9. The van der Waals surface area contributed by atoms with Crippen LogP contribution in [0.5, 0.6) is 0 Å². The molecule has 0 spiro atoms. The number of carbonyl (C=O) groups is 2. The van der Waals surface area contributed by atoms with E-state index in [1.54, 1.807) is 11.9 Å². The summed E-state index contributed by atoms with van der Waals surface area (Å²) in [5.41, 5.74) is -0.642. The average Bonchev–Trinajstić information content (AvgIpc) is 3.15. The Bertz CT molecular complexity index is 968. The number of carbonyl (C=O) groups excluding carboxylic acids is 2. The molecule has 0 saturated carbocycles. The van der Waals surface area contributed by atoms with Gasteiger partial charge in [-0.15, -0.1) is 11.3 Å². The maximum atomic E-state index is 13.7. The van der Waals surface area contributed by atoms with Crippen LogP contribution in [0.4, 0.5) is 23.8 Å². The molecule has 1 saturated heterocycles. The third-order valence-corrected chi connectivity index (χ3v) is 6.38. The van der Waals surface area contributed by atoms with Crippen molar-refractivity contribution in [2.24, 2.45) is 0 Å². The van der Waals surface area contributed by atoms with E-state index in [0.717, 1.165) is 17.4 Å². The van der Waals surface area contributed by atoms with E-state index in [4.69, 9.17) is 4.74 Å². The number of nitrogens with one attached hydrogen (secondary N) is 1. The molecule has 2 aromatic heterocycles. The third-order valence-electron chi connectivity index (χ3n) is 5.38. The molecule has 2 aromatic rings. The first kappa shape index (κ1) is 23.1. The lowest BCUT2D eigenvalue weighted by Crippen LogP contribution is -2.41. The van der Waals surface area contributed by atoms with Crippen molar-refractivity contribution >= 4 is 39.4 Å². The predicted molar refractivity (Wildman–Crippen MR) is 113 cm³/mol. The fourth-order valence-electron chi connectivity index (χ4n) is 3.30. The molecule has 1 aliphatic heterocycles. The molecule has 0 bridgehead atoms. The van der Waals surface area contributed by atoms with Crippen LogP contribution in [0, 0.1) is 0 Å². The quantitative estimate of drug-likeness (QED) is 0.746. The Morgan fingerprint density at radius 3 is 2.52 bits per heavy atom. The van der Waals surface area contributed by atoms with E-state index in [0.29, 0.717) is 25.9 Å². The van der Waals surface area contributed by atoms with Gasteiger partial charge in [-0.25, -0.2) is 9.78 Å². The molecule has 2 amide bonds. The molecular formula is C20H25F3N4O3S. The molecule has 11 heteroatoms. The summed E-state index contributed by atoms with van der Waals surface area (Å²) in [5.74, 6) is -0.323. The number of anilines is 1. The molecule has 0 aromatic carbocycles. The summed E-state index contributed by atoms with van der Waals surface area (Å²) in [7, 11) is 3.08. The first-order valence-electron chi connectivity index (χ1n) is 9.92. The van der Waals surface area contributed by atoms with Gasteiger partial charge < -0.3 is 19.9 Å². The van der Waals surface area contributed by atoms with Crippen LogP contribution in [0.1, 0.15) is 42.6 Å². The second-order valence-electron chi connectivity index (χ2n) is 7.71. The first-order chi connectivity index (χ1) is 14.5. The van der Waals surface area contributed by atoms with Crippen LogP contribution in [0.3, 0.4) is 0 Å². The van der Waals surface area contributed by atoms with Crippen LogP contribution in [0.15, 0.2) is 11.4 Å². The molecule has 1 fully saturated rings. The number of hydrogen-bond acceptors (Lipinski definition) is 6. The average molecular weight is 459 g/mol. The standard InChI is InChI=1S/C20H25F3N4O3S/c1-11(2)26(4)19(29)30-12-5-7-27(8-6-12)15-9-14(20(21,22)23)17-16(25-15)13(10-31-17)18(28)24-3/h9-12H,5-8H2,1-4H3,(H,24,28). The van der Waals surface area contributed by atoms with Gasteiger partial charge in [0.25, 0.3) is 5.91 Å². The SMILES string of the molecule is CNC(=O)c1csc2c(C(F)(F)F)cc(N3CCC(OC(=O)N(C)C(C)C)CC3)nc12. The summed E-state index contributed by atoms with van der Waals surface area (Å²) in [6.45, 7) is 4.53. The predicted octanol–water partition coefficient (Wildman–Crippen LogP) is 4.12. The lowest BCUT2D eigenvalue weighted by molar-refractivity contribution is -0.136. The Balaban J connectivity index is 1.83. The maximum Gasteiger partial charge on any atom is 0.417 e. The van der Waals surface area contributed by atoms with Crippen LogP contribution in [-0.4, -0.2) is 61.2 Å². The lowest BCUT2D eigenvalue weighted by Gasteiger charge is -2.34. The van der Waals surface area contributed by atoms with Crippen molar-refractivity contribution in [1.82, 2.24) is 15.2 Å². The minimum absolute atomic E-state index is 0.00411. The topological polar surface area (TPSA) is 74.8 Å². The summed E-state index contributed by atoms with van der Waals surface area (Å²) in [6.07, 6.45) is -4.34. The molecule has 3 heterocycles. The number of ether oxygens (including phenoxy) is 1. The monoisotopic (exact) mass is 458 g/mol. The highest BCUT2D eigenvalue weighted by Gasteiger charge is 2.36. The van der Waals surface area contributed by atoms with Crippen molar-refractivity contribution in [2.45, 2.75) is 45.0 Å². The molecule has 3 rings (SSSR count). The van der Waals surface area contributed by atoms with E-state index in [-0.39, 0.29) is 33.7 Å². The highest BCUT2D eigenvalue weighted by Crippen LogP contribution is 2.40. The fourth-order valence-corrected chi connectivity index (χ4v) is 4.33. The normalized spacial score (nSPS) is 15.4. The number of hydrogen-bond donors (Lipinski definition) is 1. The van der Waals surface area contributed by atoms with E-state index in [2.05, 4.69) is 10.3 Å². The number of thiophene rings is 1. The van der Waals surface area contributed by atoms with Gasteiger partial charge in [0.1, 0.15) is 11.9 Å². The molecule has 0 atom stereocenters. The number of halogens is 3. The van der Waals surface area contributed by atoms with E-state index < -0.39 is 23.7 Å². The zero-order valence-corrected chi connectivity index (χ0v) is 18.6. The number of pyridine rings is 1. The van der Waals surface area contributed by atoms with Gasteiger partial charge in [-0.2, -0.15) is 13.2 Å². The van der Waals surface area contributed by atoms with Crippen molar-refractivity contribution in [3.8, 4) is 0 Å². The molecule has 1 N–H and O–H groups in total. The Labute approximate surface area is 182 Å².